The van der Waals surface area contributed by atoms with Gasteiger partial charge in [-0.2, -0.15) is 0 Å². The van der Waals surface area contributed by atoms with Crippen LogP contribution in [0, 0.1) is 17.8 Å². The number of rotatable bonds is 3. The fraction of sp³-hybridized carbons (Fsp3) is 0.533. The number of ether oxygens (including phenoxy) is 1. The molecular weight excluding hydrogens is 290 g/mol. The fourth-order valence-corrected chi connectivity index (χ4v) is 4.05. The lowest BCUT2D eigenvalue weighted by molar-refractivity contribution is -0.145. The molecule has 2 aliphatic carbocycles. The molecule has 2 aromatic heterocycles. The number of esters is 1. The lowest BCUT2D eigenvalue weighted by atomic mass is 9.99. The highest BCUT2D eigenvalue weighted by molar-refractivity contribution is 6.32. The molecule has 0 bridgehead atoms. The molecule has 4 rings (SSSR count). The summed E-state index contributed by atoms with van der Waals surface area (Å²) in [5.74, 6) is 2.47. The highest BCUT2D eigenvalue weighted by Gasteiger charge is 2.61. The molecule has 2 aromatic rings. The number of carbonyl (C=O) groups is 1. The number of hydrogen-bond donors (Lipinski definition) is 0. The molecule has 110 valence electrons. The SMILES string of the molecule is CCOC(=O)C1C2CC(c3ncc4c(Cl)nccn34)CC21. The van der Waals surface area contributed by atoms with E-state index in [1.807, 2.05) is 17.5 Å². The van der Waals surface area contributed by atoms with E-state index in [1.165, 1.54) is 0 Å². The molecule has 0 amide bonds. The Balaban J connectivity index is 1.53. The minimum absolute atomic E-state index is 0.0221. The van der Waals surface area contributed by atoms with Gasteiger partial charge in [-0.05, 0) is 31.6 Å². The molecule has 6 heteroatoms. The van der Waals surface area contributed by atoms with Crippen LogP contribution in [0.25, 0.3) is 5.52 Å². The molecule has 2 aliphatic rings. The molecular formula is C15H16ClN3O2. The molecule has 0 saturated heterocycles. The molecule has 0 radical (unpaired) electrons. The number of imidazole rings is 1. The minimum Gasteiger partial charge on any atom is -0.466 e. The van der Waals surface area contributed by atoms with Crippen molar-refractivity contribution in [3.8, 4) is 0 Å². The molecule has 2 heterocycles. The normalized spacial score (nSPS) is 30.4. The third-order valence-electron chi connectivity index (χ3n) is 4.81. The van der Waals surface area contributed by atoms with Crippen LogP contribution < -0.4 is 0 Å². The zero-order valence-electron chi connectivity index (χ0n) is 11.7. The van der Waals surface area contributed by atoms with E-state index in [0.29, 0.717) is 29.5 Å². The third kappa shape index (κ3) is 1.94. The van der Waals surface area contributed by atoms with Crippen molar-refractivity contribution in [2.45, 2.75) is 25.7 Å². The quantitative estimate of drug-likeness (QED) is 0.818. The van der Waals surface area contributed by atoms with Crippen LogP contribution in [0.3, 0.4) is 0 Å². The van der Waals surface area contributed by atoms with Gasteiger partial charge in [0.1, 0.15) is 11.3 Å². The van der Waals surface area contributed by atoms with Gasteiger partial charge < -0.3 is 4.74 Å². The monoisotopic (exact) mass is 305 g/mol. The smallest absolute Gasteiger partial charge is 0.309 e. The van der Waals surface area contributed by atoms with E-state index < -0.39 is 0 Å². The maximum Gasteiger partial charge on any atom is 0.309 e. The van der Waals surface area contributed by atoms with Gasteiger partial charge in [-0.15, -0.1) is 0 Å². The molecule has 21 heavy (non-hydrogen) atoms. The average Bonchev–Trinajstić information content (AvgIpc) is 2.85. The Bertz CT molecular complexity index is 702. The standard InChI is InChI=1S/C15H16ClN3O2/c1-2-21-15(20)12-9-5-8(6-10(9)12)14-18-7-11-13(16)17-3-4-19(11)14/h3-4,7-10,12H,2,5-6H2,1H3. The Labute approximate surface area is 127 Å². The van der Waals surface area contributed by atoms with Crippen molar-refractivity contribution in [1.29, 1.82) is 0 Å². The summed E-state index contributed by atoms with van der Waals surface area (Å²) in [5, 5.41) is 0.476. The first-order chi connectivity index (χ1) is 10.2. The van der Waals surface area contributed by atoms with E-state index in [4.69, 9.17) is 16.3 Å². The van der Waals surface area contributed by atoms with Crippen molar-refractivity contribution >= 4 is 23.1 Å². The number of aromatic nitrogens is 3. The molecule has 0 N–H and O–H groups in total. The van der Waals surface area contributed by atoms with E-state index in [9.17, 15) is 4.79 Å². The highest BCUT2D eigenvalue weighted by atomic mass is 35.5. The maximum absolute atomic E-state index is 11.8. The van der Waals surface area contributed by atoms with Gasteiger partial charge in [0.05, 0.1) is 18.7 Å². The zero-order chi connectivity index (χ0) is 14.6. The molecule has 2 unspecified atom stereocenters. The Kier molecular flexibility index (Phi) is 2.92. The van der Waals surface area contributed by atoms with Crippen molar-refractivity contribution in [3.63, 3.8) is 0 Å². The van der Waals surface area contributed by atoms with Crippen LogP contribution in [-0.2, 0) is 9.53 Å². The fourth-order valence-electron chi connectivity index (χ4n) is 3.86. The lowest BCUT2D eigenvalue weighted by Crippen LogP contribution is -2.13. The van der Waals surface area contributed by atoms with Gasteiger partial charge in [0, 0.05) is 18.3 Å². The van der Waals surface area contributed by atoms with Gasteiger partial charge in [-0.3, -0.25) is 9.20 Å². The second-order valence-electron chi connectivity index (χ2n) is 5.86. The van der Waals surface area contributed by atoms with Gasteiger partial charge in [0.2, 0.25) is 0 Å². The van der Waals surface area contributed by atoms with E-state index in [2.05, 4.69) is 9.97 Å². The summed E-state index contributed by atoms with van der Waals surface area (Å²) in [5.41, 5.74) is 0.844. The summed E-state index contributed by atoms with van der Waals surface area (Å²) in [7, 11) is 0. The van der Waals surface area contributed by atoms with Crippen LogP contribution in [0.5, 0.6) is 0 Å². The number of nitrogens with zero attached hydrogens (tertiary/aromatic N) is 3. The predicted molar refractivity (Wildman–Crippen MR) is 77.1 cm³/mol. The zero-order valence-corrected chi connectivity index (χ0v) is 12.5. The minimum atomic E-state index is -0.0221. The first-order valence-corrected chi connectivity index (χ1v) is 7.72. The van der Waals surface area contributed by atoms with Gasteiger partial charge in [-0.25, -0.2) is 9.97 Å². The molecule has 0 aromatic carbocycles. The van der Waals surface area contributed by atoms with Gasteiger partial charge in [0.15, 0.2) is 5.15 Å². The van der Waals surface area contributed by atoms with Gasteiger partial charge in [-0.1, -0.05) is 11.6 Å². The van der Waals surface area contributed by atoms with Crippen molar-refractivity contribution in [2.75, 3.05) is 6.61 Å². The number of hydrogen-bond acceptors (Lipinski definition) is 4. The molecule has 2 saturated carbocycles. The average molecular weight is 306 g/mol. The summed E-state index contributed by atoms with van der Waals surface area (Å²) < 4.78 is 7.15. The molecule has 0 spiro atoms. The van der Waals surface area contributed by atoms with Crippen LogP contribution in [0.15, 0.2) is 18.6 Å². The first kappa shape index (κ1) is 13.1. The summed E-state index contributed by atoms with van der Waals surface area (Å²) in [6, 6.07) is 0. The first-order valence-electron chi connectivity index (χ1n) is 7.34. The maximum atomic E-state index is 11.8. The summed E-state index contributed by atoms with van der Waals surface area (Å²) >= 11 is 6.08. The van der Waals surface area contributed by atoms with Crippen molar-refractivity contribution in [2.24, 2.45) is 17.8 Å². The lowest BCUT2D eigenvalue weighted by Gasteiger charge is -2.13. The van der Waals surface area contributed by atoms with Crippen LogP contribution in [0.1, 0.15) is 31.5 Å². The summed E-state index contributed by atoms with van der Waals surface area (Å²) in [4.78, 5) is 20.4. The Morgan fingerprint density at radius 2 is 2.19 bits per heavy atom. The summed E-state index contributed by atoms with van der Waals surface area (Å²) in [6.07, 6.45) is 7.38. The molecule has 5 nitrogen and oxygen atoms in total. The second kappa shape index (κ2) is 4.70. The third-order valence-corrected chi connectivity index (χ3v) is 5.10. The van der Waals surface area contributed by atoms with Gasteiger partial charge in [0.25, 0.3) is 0 Å². The Morgan fingerprint density at radius 3 is 2.90 bits per heavy atom. The van der Waals surface area contributed by atoms with Crippen LogP contribution in [-0.4, -0.2) is 26.9 Å². The van der Waals surface area contributed by atoms with Gasteiger partial charge >= 0.3 is 5.97 Å². The largest absolute Gasteiger partial charge is 0.466 e. The Morgan fingerprint density at radius 1 is 1.43 bits per heavy atom. The van der Waals surface area contributed by atoms with Crippen LogP contribution >= 0.6 is 11.6 Å². The molecule has 2 fully saturated rings. The van der Waals surface area contributed by atoms with Crippen LogP contribution in [0.4, 0.5) is 0 Å². The number of carbonyl (C=O) groups excluding carboxylic acids is 1. The highest BCUT2D eigenvalue weighted by Crippen LogP contribution is 2.62. The van der Waals surface area contributed by atoms with E-state index in [1.54, 1.807) is 12.4 Å². The molecule has 0 aliphatic heterocycles. The predicted octanol–water partition coefficient (Wildman–Crippen LogP) is 2.69. The van der Waals surface area contributed by atoms with E-state index in [-0.39, 0.29) is 11.9 Å². The van der Waals surface area contributed by atoms with E-state index in [0.717, 1.165) is 24.2 Å². The second-order valence-corrected chi connectivity index (χ2v) is 6.22. The van der Waals surface area contributed by atoms with Crippen molar-refractivity contribution in [1.82, 2.24) is 14.4 Å². The Hall–Kier alpha value is -1.62. The number of halogens is 1. The van der Waals surface area contributed by atoms with E-state index >= 15 is 0 Å². The molecule has 2 atom stereocenters. The topological polar surface area (TPSA) is 56.5 Å². The summed E-state index contributed by atoms with van der Waals surface area (Å²) in [6.45, 7) is 2.32. The number of fused-ring (bicyclic) bond motifs is 2. The van der Waals surface area contributed by atoms with Crippen molar-refractivity contribution < 1.29 is 9.53 Å². The van der Waals surface area contributed by atoms with Crippen LogP contribution in [0.2, 0.25) is 5.15 Å². The van der Waals surface area contributed by atoms with Crippen molar-refractivity contribution in [3.05, 3.63) is 29.6 Å².